The number of carbonyl (C=O) groups is 1. The Balaban J connectivity index is 2.05. The van der Waals surface area contributed by atoms with Gasteiger partial charge in [0.25, 0.3) is 0 Å². The average Bonchev–Trinajstić information content (AvgIpc) is 2.44. The highest BCUT2D eigenvalue weighted by Gasteiger charge is 2.57. The number of hydrogen-bond acceptors (Lipinski definition) is 3. The Labute approximate surface area is 58.3 Å². The first-order valence-corrected chi connectivity index (χ1v) is 3.70. The van der Waals surface area contributed by atoms with Crippen LogP contribution in [0.1, 0.15) is 12.8 Å². The van der Waals surface area contributed by atoms with E-state index in [2.05, 4.69) is 0 Å². The van der Waals surface area contributed by atoms with E-state index in [0.717, 1.165) is 12.8 Å². The van der Waals surface area contributed by atoms with Crippen LogP contribution in [-0.2, 0) is 14.3 Å². The van der Waals surface area contributed by atoms with Crippen molar-refractivity contribution in [1.29, 1.82) is 0 Å². The van der Waals surface area contributed by atoms with Gasteiger partial charge in [0, 0.05) is 6.42 Å². The van der Waals surface area contributed by atoms with Gasteiger partial charge in [0.2, 0.25) is 0 Å². The molecule has 10 heavy (non-hydrogen) atoms. The maximum Gasteiger partial charge on any atom is 0.312 e. The molecule has 3 rings (SSSR count). The van der Waals surface area contributed by atoms with Crippen LogP contribution < -0.4 is 0 Å². The summed E-state index contributed by atoms with van der Waals surface area (Å²) in [7, 11) is 0. The molecule has 3 heterocycles. The Hall–Kier alpha value is -0.570. The molecule has 3 nitrogen and oxygen atoms in total. The van der Waals surface area contributed by atoms with Gasteiger partial charge in [-0.1, -0.05) is 0 Å². The van der Waals surface area contributed by atoms with E-state index >= 15 is 0 Å². The van der Waals surface area contributed by atoms with Crippen molar-refractivity contribution in [1.82, 2.24) is 0 Å². The van der Waals surface area contributed by atoms with Crippen molar-refractivity contribution in [2.45, 2.75) is 31.2 Å². The van der Waals surface area contributed by atoms with E-state index in [1.54, 1.807) is 0 Å². The van der Waals surface area contributed by atoms with Crippen LogP contribution in [0.3, 0.4) is 0 Å². The Bertz CT molecular complexity index is 199. The largest absolute Gasteiger partial charge is 0.459 e. The molecule has 2 bridgehead atoms. The van der Waals surface area contributed by atoms with Crippen molar-refractivity contribution >= 4 is 5.97 Å². The quantitative estimate of drug-likeness (QED) is 0.447. The summed E-state index contributed by atoms with van der Waals surface area (Å²) < 4.78 is 10.6. The van der Waals surface area contributed by atoms with Crippen molar-refractivity contribution < 1.29 is 14.3 Å². The summed E-state index contributed by atoms with van der Waals surface area (Å²) in [5.41, 5.74) is 0. The van der Waals surface area contributed by atoms with Crippen LogP contribution in [0.15, 0.2) is 0 Å². The van der Waals surface area contributed by atoms with E-state index in [-0.39, 0.29) is 24.1 Å². The van der Waals surface area contributed by atoms with Crippen LogP contribution in [0, 0.1) is 5.92 Å². The minimum absolute atomic E-state index is 0.0324. The second-order valence-electron chi connectivity index (χ2n) is 3.28. The molecule has 0 saturated carbocycles. The summed E-state index contributed by atoms with van der Waals surface area (Å²) in [5.74, 6) is 0.0544. The van der Waals surface area contributed by atoms with Crippen LogP contribution in [0.2, 0.25) is 0 Å². The van der Waals surface area contributed by atoms with E-state index in [1.807, 2.05) is 0 Å². The minimum atomic E-state index is -0.0324. The zero-order chi connectivity index (χ0) is 6.72. The van der Waals surface area contributed by atoms with Crippen LogP contribution in [-0.4, -0.2) is 24.3 Å². The third-order valence-corrected chi connectivity index (χ3v) is 2.69. The Morgan fingerprint density at radius 3 is 2.90 bits per heavy atom. The van der Waals surface area contributed by atoms with Gasteiger partial charge in [0.05, 0.1) is 12.0 Å². The third kappa shape index (κ3) is 0.408. The SMILES string of the molecule is O=C1O[C@@H]2C[C@H]3C[C@H]1[C@H]2O3. The first-order valence-electron chi connectivity index (χ1n) is 3.70. The van der Waals surface area contributed by atoms with Gasteiger partial charge in [-0.05, 0) is 6.42 Å². The average molecular weight is 140 g/mol. The third-order valence-electron chi connectivity index (χ3n) is 2.69. The fraction of sp³-hybridized carbons (Fsp3) is 0.857. The number of ether oxygens (including phenoxy) is 2. The lowest BCUT2D eigenvalue weighted by molar-refractivity contribution is -0.143. The van der Waals surface area contributed by atoms with Gasteiger partial charge in [-0.25, -0.2) is 0 Å². The second-order valence-corrected chi connectivity index (χ2v) is 3.28. The molecule has 0 aromatic rings. The topological polar surface area (TPSA) is 35.5 Å². The highest BCUT2D eigenvalue weighted by Crippen LogP contribution is 2.45. The smallest absolute Gasteiger partial charge is 0.312 e. The Morgan fingerprint density at radius 1 is 1.40 bits per heavy atom. The lowest BCUT2D eigenvalue weighted by Gasteiger charge is -2.07. The van der Waals surface area contributed by atoms with Gasteiger partial charge in [-0.2, -0.15) is 0 Å². The van der Waals surface area contributed by atoms with E-state index in [4.69, 9.17) is 9.47 Å². The maximum absolute atomic E-state index is 11.0. The summed E-state index contributed by atoms with van der Waals surface area (Å²) in [6.45, 7) is 0. The Morgan fingerprint density at radius 2 is 2.30 bits per heavy atom. The predicted octanol–water partition coefficient (Wildman–Crippen LogP) is 0.0892. The van der Waals surface area contributed by atoms with Crippen molar-refractivity contribution in [2.24, 2.45) is 5.92 Å². The standard InChI is InChI=1S/C7H8O3/c8-7-4-1-3-2-5(10-7)6(4)9-3/h3-6H,1-2H2/t3-,4+,5-,6-/m1/s1. The zero-order valence-corrected chi connectivity index (χ0v) is 5.45. The van der Waals surface area contributed by atoms with Gasteiger partial charge in [0.1, 0.15) is 12.2 Å². The molecule has 3 aliphatic rings. The highest BCUT2D eigenvalue weighted by atomic mass is 16.6. The lowest BCUT2D eigenvalue weighted by Crippen LogP contribution is -2.22. The summed E-state index contributed by atoms with van der Waals surface area (Å²) >= 11 is 0. The van der Waals surface area contributed by atoms with E-state index < -0.39 is 0 Å². The van der Waals surface area contributed by atoms with Gasteiger partial charge in [-0.3, -0.25) is 4.79 Å². The Kier molecular flexibility index (Phi) is 0.703. The summed E-state index contributed by atoms with van der Waals surface area (Å²) in [6, 6.07) is 0. The van der Waals surface area contributed by atoms with E-state index in [9.17, 15) is 4.79 Å². The van der Waals surface area contributed by atoms with Gasteiger partial charge >= 0.3 is 5.97 Å². The molecule has 54 valence electrons. The highest BCUT2D eigenvalue weighted by molar-refractivity contribution is 5.76. The molecule has 0 spiro atoms. The van der Waals surface area contributed by atoms with E-state index in [1.165, 1.54) is 0 Å². The molecule has 0 aliphatic carbocycles. The molecule has 0 radical (unpaired) electrons. The maximum atomic E-state index is 11.0. The van der Waals surface area contributed by atoms with E-state index in [0.29, 0.717) is 6.10 Å². The normalized spacial score (nSPS) is 55.8. The first kappa shape index (κ1) is 5.13. The molecule has 4 atom stereocenters. The molecular formula is C7H8O3. The van der Waals surface area contributed by atoms with Crippen LogP contribution in [0.5, 0.6) is 0 Å². The molecule has 0 amide bonds. The van der Waals surface area contributed by atoms with Crippen molar-refractivity contribution in [3.8, 4) is 0 Å². The molecule has 3 saturated heterocycles. The fourth-order valence-electron chi connectivity index (χ4n) is 2.26. The summed E-state index contributed by atoms with van der Waals surface area (Å²) in [4.78, 5) is 11.0. The molecule has 0 aromatic carbocycles. The van der Waals surface area contributed by atoms with Crippen molar-refractivity contribution in [3.63, 3.8) is 0 Å². The number of hydrogen-bond donors (Lipinski definition) is 0. The molecule has 3 heteroatoms. The molecule has 3 aliphatic heterocycles. The minimum Gasteiger partial charge on any atom is -0.459 e. The first-order chi connectivity index (χ1) is 4.84. The number of rotatable bonds is 0. The second kappa shape index (κ2) is 1.37. The molecule has 0 N–H and O–H groups in total. The predicted molar refractivity (Wildman–Crippen MR) is 31.3 cm³/mol. The molecular weight excluding hydrogens is 132 g/mol. The van der Waals surface area contributed by atoms with Crippen molar-refractivity contribution in [2.75, 3.05) is 0 Å². The number of esters is 1. The van der Waals surface area contributed by atoms with Crippen LogP contribution >= 0.6 is 0 Å². The van der Waals surface area contributed by atoms with Crippen molar-refractivity contribution in [3.05, 3.63) is 0 Å². The zero-order valence-electron chi connectivity index (χ0n) is 5.45. The summed E-state index contributed by atoms with van der Waals surface area (Å²) in [5, 5.41) is 0. The van der Waals surface area contributed by atoms with Gasteiger partial charge < -0.3 is 9.47 Å². The number of fused-ring (bicyclic) bond motifs is 1. The lowest BCUT2D eigenvalue weighted by atomic mass is 9.90. The molecule has 0 aromatic heterocycles. The van der Waals surface area contributed by atoms with Gasteiger partial charge in [-0.15, -0.1) is 0 Å². The van der Waals surface area contributed by atoms with Gasteiger partial charge in [0.15, 0.2) is 0 Å². The fourth-order valence-corrected chi connectivity index (χ4v) is 2.26. The van der Waals surface area contributed by atoms with Crippen LogP contribution in [0.25, 0.3) is 0 Å². The summed E-state index contributed by atoms with van der Waals surface area (Å²) in [6.07, 6.45) is 2.40. The molecule has 3 fully saturated rings. The monoisotopic (exact) mass is 140 g/mol. The molecule has 0 unspecified atom stereocenters. The number of carbonyl (C=O) groups excluding carboxylic acids is 1. The van der Waals surface area contributed by atoms with Crippen LogP contribution in [0.4, 0.5) is 0 Å².